The van der Waals surface area contributed by atoms with Gasteiger partial charge in [-0.25, -0.2) is 0 Å². The van der Waals surface area contributed by atoms with Gasteiger partial charge in [0.25, 0.3) is 5.91 Å². The molecule has 1 aromatic rings. The third-order valence-corrected chi connectivity index (χ3v) is 4.95. The fourth-order valence-electron chi connectivity index (χ4n) is 2.65. The van der Waals surface area contributed by atoms with Crippen LogP contribution in [0.1, 0.15) is 61.8 Å². The first-order valence-corrected chi connectivity index (χ1v) is 8.44. The van der Waals surface area contributed by atoms with E-state index in [1.807, 2.05) is 20.8 Å². The average Bonchev–Trinajstić information content (AvgIpc) is 2.88. The normalized spacial score (nSPS) is 23.6. The summed E-state index contributed by atoms with van der Waals surface area (Å²) in [5, 5.41) is 7.26. The van der Waals surface area contributed by atoms with Gasteiger partial charge in [-0.1, -0.05) is 38.1 Å². The lowest BCUT2D eigenvalue weighted by Crippen LogP contribution is -2.43. The Morgan fingerprint density at radius 2 is 2.10 bits per heavy atom. The number of carbonyl (C=O) groups is 1. The van der Waals surface area contributed by atoms with Crippen molar-refractivity contribution in [3.8, 4) is 0 Å². The Kier molecular flexibility index (Phi) is 5.02. The molecule has 1 aliphatic carbocycles. The molecule has 1 aliphatic rings. The Morgan fingerprint density at radius 3 is 2.75 bits per heavy atom. The molecule has 0 saturated heterocycles. The van der Waals surface area contributed by atoms with Gasteiger partial charge in [0.15, 0.2) is 0 Å². The van der Waals surface area contributed by atoms with Crippen LogP contribution < -0.4 is 5.32 Å². The van der Waals surface area contributed by atoms with E-state index in [0.717, 1.165) is 25.0 Å². The summed E-state index contributed by atoms with van der Waals surface area (Å²) in [6, 6.07) is 0.184. The van der Waals surface area contributed by atoms with Crippen molar-refractivity contribution in [2.75, 3.05) is 5.88 Å². The van der Waals surface area contributed by atoms with Gasteiger partial charge in [-0.05, 0) is 30.3 Å². The minimum Gasteiger partial charge on any atom is -0.348 e. The topological polar surface area (TPSA) is 54.9 Å². The van der Waals surface area contributed by atoms with Gasteiger partial charge in [-0.2, -0.15) is 0 Å². The maximum Gasteiger partial charge on any atom is 0.265 e. The summed E-state index contributed by atoms with van der Waals surface area (Å²) in [5.41, 5.74) is 0.608. The number of aromatic nitrogens is 2. The lowest BCUT2D eigenvalue weighted by molar-refractivity contribution is 0.0913. The Balaban J connectivity index is 2.10. The number of rotatable bonds is 3. The number of hydrogen-bond acceptors (Lipinski definition) is 4. The van der Waals surface area contributed by atoms with Crippen LogP contribution >= 0.6 is 23.1 Å². The molecule has 1 saturated carbocycles. The number of nitrogens with one attached hydrogen (secondary N) is 1. The van der Waals surface area contributed by atoms with Crippen molar-refractivity contribution in [3.05, 3.63) is 10.6 Å². The van der Waals surface area contributed by atoms with Crippen LogP contribution in [0.15, 0.2) is 0 Å². The van der Waals surface area contributed by atoms with Crippen LogP contribution in [0, 0.1) is 5.92 Å². The molecule has 2 atom stereocenters. The lowest BCUT2D eigenvalue weighted by Gasteiger charge is -2.30. The molecule has 2 rings (SSSR count). The van der Waals surface area contributed by atoms with Crippen molar-refractivity contribution in [1.82, 2.24) is 14.9 Å². The summed E-state index contributed by atoms with van der Waals surface area (Å²) < 4.78 is 3.95. The summed E-state index contributed by atoms with van der Waals surface area (Å²) in [6.07, 6.45) is 4.48. The number of carbonyl (C=O) groups excluding carboxylic acids is 1. The third kappa shape index (κ3) is 3.50. The zero-order valence-corrected chi connectivity index (χ0v) is 13.9. The van der Waals surface area contributed by atoms with Crippen LogP contribution in [0.2, 0.25) is 0 Å². The number of amides is 1. The molecule has 1 fully saturated rings. The molecule has 4 nitrogen and oxygen atoms in total. The van der Waals surface area contributed by atoms with Crippen LogP contribution in [0.3, 0.4) is 0 Å². The van der Waals surface area contributed by atoms with E-state index in [0.29, 0.717) is 16.7 Å². The van der Waals surface area contributed by atoms with Gasteiger partial charge in [-0.15, -0.1) is 16.7 Å². The largest absolute Gasteiger partial charge is 0.348 e. The predicted molar refractivity (Wildman–Crippen MR) is 82.5 cm³/mol. The molecular formula is C14H22ClN3OS. The summed E-state index contributed by atoms with van der Waals surface area (Å²) in [4.78, 5) is 13.1. The van der Waals surface area contributed by atoms with Crippen molar-refractivity contribution in [2.24, 2.45) is 5.92 Å². The summed E-state index contributed by atoms with van der Waals surface area (Å²) in [5.74, 6) is 0.943. The van der Waals surface area contributed by atoms with E-state index in [2.05, 4.69) is 14.9 Å². The van der Waals surface area contributed by atoms with E-state index in [9.17, 15) is 4.79 Å². The number of hydrogen-bond donors (Lipinski definition) is 1. The third-order valence-electron chi connectivity index (χ3n) is 3.83. The van der Waals surface area contributed by atoms with Gasteiger partial charge in [0, 0.05) is 17.3 Å². The number of nitrogens with zero attached hydrogens (tertiary/aromatic N) is 2. The molecular weight excluding hydrogens is 294 g/mol. The molecule has 0 bridgehead atoms. The molecule has 0 radical (unpaired) electrons. The van der Waals surface area contributed by atoms with Gasteiger partial charge in [0.1, 0.15) is 4.88 Å². The molecule has 6 heteroatoms. The first-order valence-electron chi connectivity index (χ1n) is 7.13. The standard InChI is InChI=1S/C14H22ClN3OS/c1-14(2,3)12-11(20-18-17-12)13(19)16-10-7-5-4-6-9(10)8-15/h9-10H,4-8H2,1-3H3,(H,16,19). The Bertz CT molecular complexity index is 469. The fraction of sp³-hybridized carbons (Fsp3) is 0.786. The van der Waals surface area contributed by atoms with Crippen molar-refractivity contribution in [2.45, 2.75) is 57.9 Å². The quantitative estimate of drug-likeness (QED) is 0.870. The molecule has 1 aromatic heterocycles. The maximum absolute atomic E-state index is 12.5. The van der Waals surface area contributed by atoms with Crippen molar-refractivity contribution in [3.63, 3.8) is 0 Å². The molecule has 0 aliphatic heterocycles. The minimum atomic E-state index is -0.169. The SMILES string of the molecule is CC(C)(C)c1nnsc1C(=O)NC1CCCCC1CCl. The van der Waals surface area contributed by atoms with Gasteiger partial charge >= 0.3 is 0 Å². The first kappa shape index (κ1) is 15.7. The molecule has 0 spiro atoms. The Labute approximate surface area is 129 Å². The zero-order chi connectivity index (χ0) is 14.8. The fourth-order valence-corrected chi connectivity index (χ4v) is 3.80. The average molecular weight is 316 g/mol. The second-order valence-electron chi connectivity index (χ2n) is 6.48. The molecule has 0 aromatic carbocycles. The highest BCUT2D eigenvalue weighted by atomic mass is 35.5. The number of alkyl halides is 1. The molecule has 112 valence electrons. The first-order chi connectivity index (χ1) is 9.43. The second-order valence-corrected chi connectivity index (χ2v) is 7.54. The molecule has 20 heavy (non-hydrogen) atoms. The zero-order valence-electron chi connectivity index (χ0n) is 12.3. The van der Waals surface area contributed by atoms with E-state index in [1.54, 1.807) is 0 Å². The second kappa shape index (κ2) is 6.39. The Morgan fingerprint density at radius 1 is 1.40 bits per heavy atom. The summed E-state index contributed by atoms with van der Waals surface area (Å²) >= 11 is 7.19. The molecule has 1 N–H and O–H groups in total. The van der Waals surface area contributed by atoms with Crippen molar-refractivity contribution >= 4 is 29.0 Å². The molecule has 1 amide bonds. The molecule has 2 unspecified atom stereocenters. The Hall–Kier alpha value is -0.680. The minimum absolute atomic E-state index is 0.0491. The predicted octanol–water partition coefficient (Wildman–Crippen LogP) is 3.36. The van der Waals surface area contributed by atoms with Crippen LogP contribution in [0.5, 0.6) is 0 Å². The van der Waals surface area contributed by atoms with Gasteiger partial charge in [0.05, 0.1) is 5.69 Å². The van der Waals surface area contributed by atoms with Crippen molar-refractivity contribution < 1.29 is 4.79 Å². The highest BCUT2D eigenvalue weighted by Crippen LogP contribution is 2.28. The monoisotopic (exact) mass is 315 g/mol. The van der Waals surface area contributed by atoms with E-state index < -0.39 is 0 Å². The lowest BCUT2D eigenvalue weighted by atomic mass is 9.85. The van der Waals surface area contributed by atoms with Crippen LogP contribution in [-0.2, 0) is 5.41 Å². The van der Waals surface area contributed by atoms with E-state index in [1.165, 1.54) is 18.0 Å². The van der Waals surface area contributed by atoms with Gasteiger partial charge in [0.2, 0.25) is 0 Å². The summed E-state index contributed by atoms with van der Waals surface area (Å²) in [7, 11) is 0. The highest BCUT2D eigenvalue weighted by molar-refractivity contribution is 7.08. The van der Waals surface area contributed by atoms with E-state index in [4.69, 9.17) is 11.6 Å². The van der Waals surface area contributed by atoms with Gasteiger partial charge < -0.3 is 5.32 Å². The van der Waals surface area contributed by atoms with Crippen LogP contribution in [0.25, 0.3) is 0 Å². The van der Waals surface area contributed by atoms with E-state index in [-0.39, 0.29) is 17.4 Å². The van der Waals surface area contributed by atoms with E-state index >= 15 is 0 Å². The van der Waals surface area contributed by atoms with Crippen LogP contribution in [-0.4, -0.2) is 27.4 Å². The smallest absolute Gasteiger partial charge is 0.265 e. The number of halogens is 1. The highest BCUT2D eigenvalue weighted by Gasteiger charge is 2.30. The van der Waals surface area contributed by atoms with Crippen LogP contribution in [0.4, 0.5) is 0 Å². The molecule has 1 heterocycles. The summed E-state index contributed by atoms with van der Waals surface area (Å²) in [6.45, 7) is 6.13. The van der Waals surface area contributed by atoms with Gasteiger partial charge in [-0.3, -0.25) is 4.79 Å². The van der Waals surface area contributed by atoms with Crippen molar-refractivity contribution in [1.29, 1.82) is 0 Å². The maximum atomic E-state index is 12.5.